The van der Waals surface area contributed by atoms with Crippen LogP contribution in [0.5, 0.6) is 5.75 Å². The number of aromatic amines is 1. The molecular weight excluding hydrogens is 565 g/mol. The number of ether oxygens (including phenoxy) is 1. The predicted octanol–water partition coefficient (Wildman–Crippen LogP) is 6.41. The Morgan fingerprint density at radius 2 is 1.73 bits per heavy atom. The van der Waals surface area contributed by atoms with Gasteiger partial charge in [0.25, 0.3) is 0 Å². The van der Waals surface area contributed by atoms with E-state index < -0.39 is 6.10 Å². The van der Waals surface area contributed by atoms with Gasteiger partial charge in [0.05, 0.1) is 10.0 Å². The van der Waals surface area contributed by atoms with Gasteiger partial charge in [-0.2, -0.15) is 40.5 Å². The third kappa shape index (κ3) is 7.72. The smallest absolute Gasteiger partial charge is 0.128 e. The molecule has 0 saturated carbocycles. The highest BCUT2D eigenvalue weighted by Gasteiger charge is 2.35. The Hall–Kier alpha value is -1.13. The van der Waals surface area contributed by atoms with Crippen LogP contribution < -0.4 is 9.64 Å². The first-order valence-electron chi connectivity index (χ1n) is 11.5. The van der Waals surface area contributed by atoms with E-state index in [4.69, 9.17) is 27.9 Å². The van der Waals surface area contributed by atoms with E-state index in [0.717, 1.165) is 54.0 Å². The molecule has 10 heteroatoms. The van der Waals surface area contributed by atoms with Crippen LogP contribution in [0, 0.1) is 6.92 Å². The molecule has 1 fully saturated rings. The van der Waals surface area contributed by atoms with Crippen LogP contribution in [-0.2, 0) is 0 Å². The van der Waals surface area contributed by atoms with Gasteiger partial charge < -0.3 is 19.7 Å². The molecule has 4 heterocycles. The maximum Gasteiger partial charge on any atom is 0.128 e. The molecule has 2 aromatic carbocycles. The topological polar surface area (TPSA) is 51.7 Å². The second kappa shape index (κ2) is 14.9. The molecule has 3 aliphatic heterocycles. The lowest BCUT2D eigenvalue weighted by Gasteiger charge is -2.48. The zero-order chi connectivity index (χ0) is 22.9. The Balaban J connectivity index is 0.00000171. The second-order valence-corrected chi connectivity index (χ2v) is 9.90. The Morgan fingerprint density at radius 3 is 2.46 bits per heavy atom. The number of aryl methyl sites for hydroxylation is 1. The molecule has 3 aromatic rings. The van der Waals surface area contributed by atoms with Crippen LogP contribution in [0.4, 0.5) is 5.69 Å². The number of hydrogen-bond acceptors (Lipinski definition) is 4. The molecule has 206 valence electrons. The fourth-order valence-corrected chi connectivity index (χ4v) is 5.34. The van der Waals surface area contributed by atoms with E-state index in [1.54, 1.807) is 0 Å². The summed E-state index contributed by atoms with van der Waals surface area (Å²) in [6.45, 7) is 4.67. The molecule has 1 aromatic heterocycles. The first-order valence-corrected chi connectivity index (χ1v) is 12.2. The van der Waals surface area contributed by atoms with Crippen LogP contribution >= 0.6 is 63.7 Å². The number of benzene rings is 2. The third-order valence-corrected chi connectivity index (χ3v) is 7.40. The number of rotatable bonds is 6. The number of aliphatic hydroxyl groups is 1. The van der Waals surface area contributed by atoms with Crippen molar-refractivity contribution in [3.05, 3.63) is 70.4 Å². The summed E-state index contributed by atoms with van der Waals surface area (Å²) < 4.78 is 6.04. The first kappa shape index (κ1) is 33.9. The Kier molecular flexibility index (Phi) is 13.6. The summed E-state index contributed by atoms with van der Waals surface area (Å²) in [5, 5.41) is 13.1. The second-order valence-electron chi connectivity index (χ2n) is 9.09. The normalized spacial score (nSPS) is 20.4. The summed E-state index contributed by atoms with van der Waals surface area (Å²) in [7, 11) is 0. The van der Waals surface area contributed by atoms with Crippen molar-refractivity contribution in [2.45, 2.75) is 45.4 Å². The molecule has 2 bridgehead atoms. The minimum absolute atomic E-state index is 0. The number of halogens is 2. The Morgan fingerprint density at radius 1 is 1.00 bits per heavy atom. The van der Waals surface area contributed by atoms with Crippen molar-refractivity contribution in [3.63, 3.8) is 0 Å². The van der Waals surface area contributed by atoms with Crippen LogP contribution in [0.25, 0.3) is 10.9 Å². The molecule has 0 amide bonds. The fourth-order valence-electron chi connectivity index (χ4n) is 5.05. The average Bonchev–Trinajstić information content (AvgIpc) is 3.16. The lowest BCUT2D eigenvalue weighted by Crippen LogP contribution is -2.60. The highest BCUT2D eigenvalue weighted by molar-refractivity contribution is 7.59. The lowest BCUT2D eigenvalue weighted by atomic mass is 9.96. The van der Waals surface area contributed by atoms with E-state index in [0.29, 0.717) is 28.7 Å². The largest absolute Gasteiger partial charge is 0.490 e. The minimum Gasteiger partial charge on any atom is -0.490 e. The van der Waals surface area contributed by atoms with Gasteiger partial charge in [-0.1, -0.05) is 48.8 Å². The molecule has 0 unspecified atom stereocenters. The predicted molar refractivity (Wildman–Crippen MR) is 174 cm³/mol. The zero-order valence-electron chi connectivity index (χ0n) is 20.2. The monoisotopic (exact) mass is 603 g/mol. The van der Waals surface area contributed by atoms with Crippen molar-refractivity contribution in [1.82, 2.24) is 9.88 Å². The van der Waals surface area contributed by atoms with Crippen LogP contribution in [0.3, 0.4) is 0 Å². The molecule has 1 saturated heterocycles. The summed E-state index contributed by atoms with van der Waals surface area (Å²) in [4.78, 5) is 8.18. The SMILES string of the molecule is C.Cc1cc2c(OC[C@@H](O)CN3C[C@@H]4C/C=C\C[C@H]3CN4c3ccc(Cl)c(Cl)c3)cccc2[nH]1.S.S.S. The van der Waals surface area contributed by atoms with Gasteiger partial charge in [-0.3, -0.25) is 4.90 Å². The molecule has 0 radical (unpaired) electrons. The highest BCUT2D eigenvalue weighted by Crippen LogP contribution is 2.33. The number of H-pyrrole nitrogens is 1. The van der Waals surface area contributed by atoms with Crippen LogP contribution in [-0.4, -0.2) is 59.4 Å². The van der Waals surface area contributed by atoms with Crippen molar-refractivity contribution in [2.75, 3.05) is 31.1 Å². The number of anilines is 1. The molecule has 37 heavy (non-hydrogen) atoms. The van der Waals surface area contributed by atoms with Crippen molar-refractivity contribution in [1.29, 1.82) is 0 Å². The molecule has 0 aliphatic carbocycles. The zero-order valence-corrected chi connectivity index (χ0v) is 24.7. The van der Waals surface area contributed by atoms with Gasteiger partial charge in [-0.15, -0.1) is 0 Å². The highest BCUT2D eigenvalue weighted by atomic mass is 35.5. The number of hydrogen-bond donors (Lipinski definition) is 2. The van der Waals surface area contributed by atoms with Crippen LogP contribution in [0.2, 0.25) is 10.0 Å². The molecule has 3 aliphatic rings. The summed E-state index contributed by atoms with van der Waals surface area (Å²) in [6, 6.07) is 14.6. The molecule has 2 N–H and O–H groups in total. The fraction of sp³-hybridized carbons (Fsp3) is 0.407. The number of piperazine rings is 1. The van der Waals surface area contributed by atoms with E-state index in [1.807, 2.05) is 43.3 Å². The van der Waals surface area contributed by atoms with Gasteiger partial charge in [0.2, 0.25) is 0 Å². The first-order chi connectivity index (χ1) is 16.0. The molecule has 6 rings (SSSR count). The quantitative estimate of drug-likeness (QED) is 0.320. The average molecular weight is 605 g/mol. The van der Waals surface area contributed by atoms with Crippen molar-refractivity contribution in [3.8, 4) is 5.75 Å². The van der Waals surface area contributed by atoms with Gasteiger partial charge in [-0.05, 0) is 56.2 Å². The summed E-state index contributed by atoms with van der Waals surface area (Å²) in [5.74, 6) is 0.804. The summed E-state index contributed by atoms with van der Waals surface area (Å²) in [5.41, 5.74) is 3.25. The summed E-state index contributed by atoms with van der Waals surface area (Å²) in [6.07, 6.45) is 5.90. The number of aliphatic hydroxyl groups excluding tert-OH is 1. The number of fused-ring (bicyclic) bond motifs is 5. The Bertz CT molecular complexity index is 1180. The number of nitrogens with one attached hydrogen (secondary N) is 1. The van der Waals surface area contributed by atoms with Crippen LogP contribution in [0.15, 0.2) is 54.6 Å². The van der Waals surface area contributed by atoms with Gasteiger partial charge in [0.1, 0.15) is 18.5 Å². The van der Waals surface area contributed by atoms with E-state index in [1.165, 1.54) is 0 Å². The van der Waals surface area contributed by atoms with Crippen molar-refractivity contribution < 1.29 is 9.84 Å². The lowest BCUT2D eigenvalue weighted by molar-refractivity contribution is 0.0409. The number of aromatic nitrogens is 1. The van der Waals surface area contributed by atoms with E-state index >= 15 is 0 Å². The van der Waals surface area contributed by atoms with Gasteiger partial charge in [0, 0.05) is 54.0 Å². The maximum atomic E-state index is 10.8. The number of nitrogens with zero attached hydrogens (tertiary/aromatic N) is 2. The van der Waals surface area contributed by atoms with E-state index in [2.05, 4.69) is 33.0 Å². The van der Waals surface area contributed by atoms with Crippen LogP contribution in [0.1, 0.15) is 26.0 Å². The molecule has 5 nitrogen and oxygen atoms in total. The van der Waals surface area contributed by atoms with Crippen molar-refractivity contribution >= 4 is 80.3 Å². The minimum atomic E-state index is -0.566. The molecular formula is C27H39Cl2N3O2S3. The van der Waals surface area contributed by atoms with E-state index in [-0.39, 0.29) is 54.5 Å². The van der Waals surface area contributed by atoms with Gasteiger partial charge >= 0.3 is 0 Å². The standard InChI is InChI=1S/C26H29Cl2N3O2.CH4.3H2S/c1-17-11-22-25(29-17)7-4-8-26(22)33-16-21(32)15-30-13-20-6-3-2-5-19(30)14-31(20)18-9-10-23(27)24(28)12-18;;;;/h2-4,7-12,19-21,29,32H,5-6,13-16H2,1H3;1H4;3*1H2/b3-2-;;;;/t19-,20-,21-;;;;/m0..../s1. The molecule has 0 spiro atoms. The van der Waals surface area contributed by atoms with Crippen molar-refractivity contribution in [2.24, 2.45) is 0 Å². The van der Waals surface area contributed by atoms with Gasteiger partial charge in [0.15, 0.2) is 0 Å². The summed E-state index contributed by atoms with van der Waals surface area (Å²) >= 11 is 12.4. The van der Waals surface area contributed by atoms with Gasteiger partial charge in [-0.25, -0.2) is 0 Å². The van der Waals surface area contributed by atoms with E-state index in [9.17, 15) is 5.11 Å². The Labute approximate surface area is 251 Å². The maximum absolute atomic E-state index is 10.8. The molecule has 3 atom stereocenters. The third-order valence-electron chi connectivity index (χ3n) is 6.66.